The number of methoxy groups -OCH3 is 1. The van der Waals surface area contributed by atoms with Gasteiger partial charge in [-0.3, -0.25) is 0 Å². The van der Waals surface area contributed by atoms with E-state index < -0.39 is 0 Å². The minimum absolute atomic E-state index is 0. The van der Waals surface area contributed by atoms with E-state index in [2.05, 4.69) is 20.8 Å². The average Bonchev–Trinajstić information content (AvgIpc) is 2.95. The van der Waals surface area contributed by atoms with Gasteiger partial charge in [0.05, 0.1) is 19.7 Å². The lowest BCUT2D eigenvalue weighted by molar-refractivity contribution is 0.129. The van der Waals surface area contributed by atoms with E-state index in [0.717, 1.165) is 23.0 Å². The zero-order valence-corrected chi connectivity index (χ0v) is 20.5. The van der Waals surface area contributed by atoms with Crippen molar-refractivity contribution in [1.82, 2.24) is 25.4 Å². The number of hydrogen-bond acceptors (Lipinski definition) is 5. The number of benzene rings is 1. The van der Waals surface area contributed by atoms with Crippen molar-refractivity contribution in [2.45, 2.75) is 46.4 Å². The van der Waals surface area contributed by atoms with Crippen LogP contribution in [0.2, 0.25) is 0 Å². The monoisotopic (exact) mass is 516 g/mol. The fourth-order valence-corrected chi connectivity index (χ4v) is 2.44. The van der Waals surface area contributed by atoms with Crippen LogP contribution in [0.25, 0.3) is 0 Å². The number of aromatic nitrogens is 3. The molecule has 0 aliphatic rings. The summed E-state index contributed by atoms with van der Waals surface area (Å²) in [5.41, 5.74) is 0.764. The first-order valence-electron chi connectivity index (χ1n) is 9.43. The van der Waals surface area contributed by atoms with Gasteiger partial charge < -0.3 is 24.7 Å². The van der Waals surface area contributed by atoms with Crippen LogP contribution in [0.1, 0.15) is 38.0 Å². The van der Waals surface area contributed by atoms with Crippen molar-refractivity contribution in [3.8, 4) is 5.75 Å². The fraction of sp³-hybridized carbons (Fsp3) is 0.550. The molecule has 0 spiro atoms. The lowest BCUT2D eigenvalue weighted by atomic mass is 10.1. The molecule has 0 fully saturated rings. The molecule has 0 atom stereocenters. The van der Waals surface area contributed by atoms with Crippen molar-refractivity contribution in [2.75, 3.05) is 20.3 Å². The van der Waals surface area contributed by atoms with E-state index in [4.69, 9.17) is 14.5 Å². The number of rotatable bonds is 8. The Kier molecular flexibility index (Phi) is 10.4. The number of guanidine groups is 1. The van der Waals surface area contributed by atoms with Crippen LogP contribution in [-0.2, 0) is 24.9 Å². The molecule has 1 aromatic carbocycles. The largest absolute Gasteiger partial charge is 0.488 e. The van der Waals surface area contributed by atoms with Crippen molar-refractivity contribution in [1.29, 1.82) is 0 Å². The van der Waals surface area contributed by atoms with Crippen molar-refractivity contribution in [2.24, 2.45) is 12.0 Å². The second-order valence-electron chi connectivity index (χ2n) is 7.48. The summed E-state index contributed by atoms with van der Waals surface area (Å²) in [7, 11) is 3.62. The van der Waals surface area contributed by atoms with E-state index in [9.17, 15) is 0 Å². The zero-order chi connectivity index (χ0) is 20.6. The Hall–Kier alpha value is -1.88. The summed E-state index contributed by atoms with van der Waals surface area (Å²) in [6, 6.07) is 7.97. The van der Waals surface area contributed by atoms with Crippen molar-refractivity contribution >= 4 is 29.9 Å². The first-order valence-corrected chi connectivity index (χ1v) is 9.43. The third-order valence-electron chi connectivity index (χ3n) is 3.99. The van der Waals surface area contributed by atoms with Gasteiger partial charge in [0.2, 0.25) is 0 Å². The predicted octanol–water partition coefficient (Wildman–Crippen LogP) is 2.80. The predicted molar refractivity (Wildman–Crippen MR) is 126 cm³/mol. The van der Waals surface area contributed by atoms with Crippen molar-refractivity contribution in [3.63, 3.8) is 0 Å². The summed E-state index contributed by atoms with van der Waals surface area (Å²) < 4.78 is 13.1. The summed E-state index contributed by atoms with van der Waals surface area (Å²) in [6.45, 7) is 10.3. The third kappa shape index (κ3) is 8.57. The molecule has 8 nitrogen and oxygen atoms in total. The van der Waals surface area contributed by atoms with Crippen molar-refractivity contribution < 1.29 is 9.47 Å². The quantitative estimate of drug-likeness (QED) is 0.243. The number of aliphatic imine (C=N–C) groups is 1. The second kappa shape index (κ2) is 12.0. The van der Waals surface area contributed by atoms with Crippen LogP contribution in [0, 0.1) is 6.92 Å². The molecule has 2 aromatic rings. The van der Waals surface area contributed by atoms with Crippen LogP contribution in [0.3, 0.4) is 0 Å². The van der Waals surface area contributed by atoms with Crippen LogP contribution in [-0.4, -0.2) is 46.6 Å². The topological polar surface area (TPSA) is 85.6 Å². The highest BCUT2D eigenvalue weighted by molar-refractivity contribution is 14.0. The lowest BCUT2D eigenvalue weighted by Crippen LogP contribution is -2.39. The molecule has 1 heterocycles. The maximum absolute atomic E-state index is 6.06. The van der Waals surface area contributed by atoms with Crippen molar-refractivity contribution in [3.05, 3.63) is 41.5 Å². The molecule has 0 aliphatic carbocycles. The first-order chi connectivity index (χ1) is 13.3. The highest BCUT2D eigenvalue weighted by Gasteiger charge is 2.14. The second-order valence-corrected chi connectivity index (χ2v) is 7.48. The van der Waals surface area contributed by atoms with Gasteiger partial charge in [0.1, 0.15) is 17.2 Å². The summed E-state index contributed by atoms with van der Waals surface area (Å²) in [6.07, 6.45) is 0. The molecule has 29 heavy (non-hydrogen) atoms. The molecule has 0 bridgehead atoms. The first kappa shape index (κ1) is 25.2. The summed E-state index contributed by atoms with van der Waals surface area (Å²) in [5.74, 6) is 3.24. The number of aryl methyl sites for hydroxylation is 1. The van der Waals surface area contributed by atoms with Crippen LogP contribution in [0.4, 0.5) is 0 Å². The van der Waals surface area contributed by atoms with Crippen LogP contribution < -0.4 is 15.4 Å². The zero-order valence-electron chi connectivity index (χ0n) is 18.2. The summed E-state index contributed by atoms with van der Waals surface area (Å²) in [5, 5.41) is 14.8. The summed E-state index contributed by atoms with van der Waals surface area (Å²) in [4.78, 5) is 4.71. The molecule has 162 valence electrons. The van der Waals surface area contributed by atoms with E-state index in [1.807, 2.05) is 63.6 Å². The minimum atomic E-state index is -0.263. The molecule has 0 amide bonds. The summed E-state index contributed by atoms with van der Waals surface area (Å²) >= 11 is 0. The van der Waals surface area contributed by atoms with Crippen LogP contribution >= 0.6 is 24.0 Å². The normalized spacial score (nSPS) is 11.7. The Labute approximate surface area is 190 Å². The van der Waals surface area contributed by atoms with Gasteiger partial charge in [0, 0.05) is 26.3 Å². The standard InChI is InChI=1S/C20H32N6O2.HI/c1-15-24-25-18(26(15)5)14-23-19(21-11-12-27-6)22-13-16-9-7-8-10-17(16)28-20(2,3)4;/h7-10H,11-14H2,1-6H3,(H2,21,22,23);1H. The van der Waals surface area contributed by atoms with Gasteiger partial charge in [-0.15, -0.1) is 34.2 Å². The Bertz CT molecular complexity index is 786. The number of nitrogens with zero attached hydrogens (tertiary/aromatic N) is 4. The molecular weight excluding hydrogens is 483 g/mol. The van der Waals surface area contributed by atoms with Gasteiger partial charge in [0.25, 0.3) is 0 Å². The number of halogens is 1. The SMILES string of the molecule is COCCNC(=NCc1ccccc1OC(C)(C)C)NCc1nnc(C)n1C.I. The Morgan fingerprint density at radius 3 is 2.52 bits per heavy atom. The number of para-hydroxylation sites is 1. The lowest BCUT2D eigenvalue weighted by Gasteiger charge is -2.23. The molecule has 0 radical (unpaired) electrons. The van der Waals surface area contributed by atoms with E-state index >= 15 is 0 Å². The number of nitrogens with one attached hydrogen (secondary N) is 2. The smallest absolute Gasteiger partial charge is 0.192 e. The molecular formula is C20H33IN6O2. The van der Waals surface area contributed by atoms with Gasteiger partial charge >= 0.3 is 0 Å². The maximum Gasteiger partial charge on any atom is 0.192 e. The van der Waals surface area contributed by atoms with Crippen LogP contribution in [0.5, 0.6) is 5.75 Å². The fourth-order valence-electron chi connectivity index (χ4n) is 2.44. The van der Waals surface area contributed by atoms with Crippen LogP contribution in [0.15, 0.2) is 29.3 Å². The molecule has 0 unspecified atom stereocenters. The molecule has 0 saturated carbocycles. The molecule has 0 saturated heterocycles. The maximum atomic E-state index is 6.06. The number of ether oxygens (including phenoxy) is 2. The minimum Gasteiger partial charge on any atom is -0.488 e. The molecule has 2 rings (SSSR count). The van der Waals surface area contributed by atoms with Gasteiger partial charge in [-0.25, -0.2) is 4.99 Å². The van der Waals surface area contributed by atoms with E-state index in [1.165, 1.54) is 0 Å². The van der Waals surface area contributed by atoms with Gasteiger partial charge in [-0.2, -0.15) is 0 Å². The van der Waals surface area contributed by atoms with E-state index in [0.29, 0.717) is 32.2 Å². The number of hydrogen-bond donors (Lipinski definition) is 2. The Morgan fingerprint density at radius 2 is 1.90 bits per heavy atom. The Morgan fingerprint density at radius 1 is 1.17 bits per heavy atom. The van der Waals surface area contributed by atoms with Gasteiger partial charge in [-0.1, -0.05) is 18.2 Å². The average molecular weight is 516 g/mol. The van der Waals surface area contributed by atoms with E-state index in [-0.39, 0.29) is 29.6 Å². The third-order valence-corrected chi connectivity index (χ3v) is 3.99. The van der Waals surface area contributed by atoms with E-state index in [1.54, 1.807) is 7.11 Å². The highest BCUT2D eigenvalue weighted by Crippen LogP contribution is 2.23. The molecule has 0 aliphatic heterocycles. The molecule has 2 N–H and O–H groups in total. The highest BCUT2D eigenvalue weighted by atomic mass is 127. The van der Waals surface area contributed by atoms with Gasteiger partial charge in [-0.05, 0) is 33.8 Å². The molecule has 1 aromatic heterocycles. The van der Waals surface area contributed by atoms with Gasteiger partial charge in [0.15, 0.2) is 11.8 Å². The molecule has 9 heteroatoms. The Balaban J connectivity index is 0.00000420.